The Morgan fingerprint density at radius 3 is 2.34 bits per heavy atom. The highest BCUT2D eigenvalue weighted by Gasteiger charge is 2.27. The van der Waals surface area contributed by atoms with Crippen LogP contribution in [0.2, 0.25) is 5.02 Å². The molecular weight excluding hydrogens is 448 g/mol. The Kier molecular flexibility index (Phi) is 7.12. The fourth-order valence-corrected chi connectivity index (χ4v) is 5.05. The molecule has 0 aliphatic heterocycles. The second-order valence-electron chi connectivity index (χ2n) is 6.86. The largest absolute Gasteiger partial charge is 0.321 e. The van der Waals surface area contributed by atoms with Gasteiger partial charge in [0.1, 0.15) is 4.90 Å². The summed E-state index contributed by atoms with van der Waals surface area (Å²) in [5, 5.41) is 2.65. The number of benzene rings is 3. The molecule has 6 nitrogen and oxygen atoms in total. The molecule has 3 rings (SSSR count). The number of hydrogen-bond donors (Lipinski definition) is 1. The van der Waals surface area contributed by atoms with Crippen LogP contribution in [-0.2, 0) is 10.0 Å². The summed E-state index contributed by atoms with van der Waals surface area (Å²) in [5.74, 6) is -0.773. The van der Waals surface area contributed by atoms with E-state index >= 15 is 0 Å². The first-order valence-corrected chi connectivity index (χ1v) is 11.5. The summed E-state index contributed by atoms with van der Waals surface area (Å²) < 4.78 is 28.0. The van der Waals surface area contributed by atoms with Gasteiger partial charge in [0.25, 0.3) is 15.9 Å². The van der Waals surface area contributed by atoms with E-state index in [-0.39, 0.29) is 27.8 Å². The van der Waals surface area contributed by atoms with Gasteiger partial charge < -0.3 is 5.32 Å². The summed E-state index contributed by atoms with van der Waals surface area (Å²) >= 11 is 6.24. The monoisotopic (exact) mass is 468 g/mol. The van der Waals surface area contributed by atoms with Gasteiger partial charge in [-0.05, 0) is 49.4 Å². The fourth-order valence-electron chi connectivity index (χ4n) is 3.11. The lowest BCUT2D eigenvalue weighted by Crippen LogP contribution is -2.31. The number of nitrogens with one attached hydrogen (secondary N) is 1. The van der Waals surface area contributed by atoms with Gasteiger partial charge in [0.05, 0.1) is 22.9 Å². The minimum absolute atomic E-state index is 0.0179. The van der Waals surface area contributed by atoms with Gasteiger partial charge in [-0.1, -0.05) is 48.0 Å². The molecule has 1 N–H and O–H groups in total. The number of Topliss-reactive ketones (excluding diaryl/α,β-unsaturated/α-hetero) is 1. The van der Waals surface area contributed by atoms with E-state index in [4.69, 9.17) is 11.6 Å². The molecule has 164 valence electrons. The van der Waals surface area contributed by atoms with Crippen LogP contribution in [0, 0.1) is 0 Å². The zero-order valence-electron chi connectivity index (χ0n) is 17.3. The molecule has 0 spiro atoms. The molecule has 0 atom stereocenters. The van der Waals surface area contributed by atoms with Crippen LogP contribution >= 0.6 is 11.6 Å². The lowest BCUT2D eigenvalue weighted by molar-refractivity contribution is 0.101. The number of nitrogens with zero attached hydrogens (tertiary/aromatic N) is 1. The summed E-state index contributed by atoms with van der Waals surface area (Å²) in [6.45, 7) is 5.06. The van der Waals surface area contributed by atoms with E-state index in [1.54, 1.807) is 54.6 Å². The van der Waals surface area contributed by atoms with Crippen LogP contribution in [0.4, 0.5) is 11.4 Å². The smallest absolute Gasteiger partial charge is 0.266 e. The number of carbonyl (C=O) groups is 2. The predicted octanol–water partition coefficient (Wildman–Crippen LogP) is 5.18. The van der Waals surface area contributed by atoms with Crippen LogP contribution in [0.15, 0.2) is 90.3 Å². The quantitative estimate of drug-likeness (QED) is 0.365. The molecule has 0 bridgehead atoms. The zero-order valence-corrected chi connectivity index (χ0v) is 18.9. The highest BCUT2D eigenvalue weighted by atomic mass is 35.5. The average Bonchev–Trinajstić information content (AvgIpc) is 2.78. The second-order valence-corrected chi connectivity index (χ2v) is 9.10. The Labute approximate surface area is 192 Å². The van der Waals surface area contributed by atoms with E-state index in [1.807, 2.05) is 0 Å². The molecule has 8 heteroatoms. The molecule has 1 amide bonds. The van der Waals surface area contributed by atoms with Gasteiger partial charge in [0, 0.05) is 11.1 Å². The molecule has 0 saturated carbocycles. The SMILES string of the molecule is C=CCN(c1ccccc1)S(=O)(=O)c1cc(C(=O)Nc2ccccc2C(C)=O)ccc1Cl. The van der Waals surface area contributed by atoms with Crippen LogP contribution in [0.1, 0.15) is 27.6 Å². The minimum Gasteiger partial charge on any atom is -0.321 e. The molecule has 0 aliphatic rings. The normalized spacial score (nSPS) is 10.9. The number of ketones is 1. The Bertz CT molecular complexity index is 1270. The molecule has 3 aromatic rings. The first-order valence-electron chi connectivity index (χ1n) is 9.65. The highest BCUT2D eigenvalue weighted by Crippen LogP contribution is 2.30. The summed E-state index contributed by atoms with van der Waals surface area (Å²) in [7, 11) is -4.10. The number of anilines is 2. The molecule has 0 aliphatic carbocycles. The van der Waals surface area contributed by atoms with Gasteiger partial charge in [-0.25, -0.2) is 8.42 Å². The van der Waals surface area contributed by atoms with Crippen molar-refractivity contribution < 1.29 is 18.0 Å². The first kappa shape index (κ1) is 23.2. The van der Waals surface area contributed by atoms with Crippen molar-refractivity contribution in [3.8, 4) is 0 Å². The van der Waals surface area contributed by atoms with Gasteiger partial charge in [-0.15, -0.1) is 6.58 Å². The maximum atomic E-state index is 13.4. The summed E-state index contributed by atoms with van der Waals surface area (Å²) in [6.07, 6.45) is 1.47. The van der Waals surface area contributed by atoms with E-state index in [0.717, 1.165) is 4.31 Å². The summed E-state index contributed by atoms with van der Waals surface area (Å²) in [4.78, 5) is 24.5. The average molecular weight is 469 g/mol. The topological polar surface area (TPSA) is 83.6 Å². The molecule has 32 heavy (non-hydrogen) atoms. The van der Waals surface area contributed by atoms with Crippen molar-refractivity contribution in [1.29, 1.82) is 0 Å². The van der Waals surface area contributed by atoms with E-state index in [9.17, 15) is 18.0 Å². The van der Waals surface area contributed by atoms with Crippen molar-refractivity contribution in [1.82, 2.24) is 0 Å². The number of para-hydroxylation sites is 2. The van der Waals surface area contributed by atoms with Gasteiger partial charge in [0.15, 0.2) is 5.78 Å². The Morgan fingerprint density at radius 2 is 1.69 bits per heavy atom. The van der Waals surface area contributed by atoms with Crippen molar-refractivity contribution in [2.24, 2.45) is 0 Å². The maximum Gasteiger partial charge on any atom is 0.266 e. The number of hydrogen-bond acceptors (Lipinski definition) is 4. The van der Waals surface area contributed by atoms with Crippen LogP contribution in [-0.4, -0.2) is 26.7 Å². The standard InChI is InChI=1S/C24H21ClN2O4S/c1-3-15-27(19-9-5-4-6-10-19)32(30,31)23-16-18(13-14-21(23)25)24(29)26-22-12-8-7-11-20(22)17(2)28/h3-14,16H,1,15H2,2H3,(H,26,29). The predicted molar refractivity (Wildman–Crippen MR) is 127 cm³/mol. The van der Waals surface area contributed by atoms with Crippen LogP contribution in [0.3, 0.4) is 0 Å². The van der Waals surface area contributed by atoms with E-state index in [1.165, 1.54) is 31.2 Å². The molecule has 0 unspecified atom stereocenters. The first-order chi connectivity index (χ1) is 15.3. The van der Waals surface area contributed by atoms with Gasteiger partial charge in [-0.3, -0.25) is 13.9 Å². The third kappa shape index (κ3) is 4.90. The summed E-state index contributed by atoms with van der Waals surface area (Å²) in [6, 6.07) is 19.1. The van der Waals surface area contributed by atoms with Crippen LogP contribution < -0.4 is 9.62 Å². The fraction of sp³-hybridized carbons (Fsp3) is 0.0833. The number of halogens is 1. The lowest BCUT2D eigenvalue weighted by Gasteiger charge is -2.24. The molecule has 3 aromatic carbocycles. The van der Waals surface area contributed by atoms with Crippen molar-refractivity contribution in [3.05, 3.63) is 102 Å². The van der Waals surface area contributed by atoms with Crippen molar-refractivity contribution in [3.63, 3.8) is 0 Å². The maximum absolute atomic E-state index is 13.4. The van der Waals surface area contributed by atoms with E-state index in [0.29, 0.717) is 16.9 Å². The summed E-state index contributed by atoms with van der Waals surface area (Å²) in [5.41, 5.74) is 1.21. The zero-order chi connectivity index (χ0) is 23.3. The van der Waals surface area contributed by atoms with Gasteiger partial charge in [-0.2, -0.15) is 0 Å². The molecule has 0 saturated heterocycles. The number of amides is 1. The molecule has 0 aromatic heterocycles. The second kappa shape index (κ2) is 9.80. The Morgan fingerprint density at radius 1 is 1.03 bits per heavy atom. The van der Waals surface area contributed by atoms with Crippen LogP contribution in [0.5, 0.6) is 0 Å². The molecule has 0 fully saturated rings. The molecule has 0 heterocycles. The van der Waals surface area contributed by atoms with Crippen LogP contribution in [0.25, 0.3) is 0 Å². The minimum atomic E-state index is -4.10. The Hall–Kier alpha value is -3.42. The van der Waals surface area contributed by atoms with Crippen molar-refractivity contribution in [2.45, 2.75) is 11.8 Å². The van der Waals surface area contributed by atoms with E-state index < -0.39 is 15.9 Å². The lowest BCUT2D eigenvalue weighted by atomic mass is 10.1. The third-order valence-electron chi connectivity index (χ3n) is 4.66. The van der Waals surface area contributed by atoms with Gasteiger partial charge >= 0.3 is 0 Å². The number of rotatable bonds is 8. The number of sulfonamides is 1. The Balaban J connectivity index is 2.00. The molecule has 0 radical (unpaired) electrons. The third-order valence-corrected chi connectivity index (χ3v) is 6.93. The highest BCUT2D eigenvalue weighted by molar-refractivity contribution is 7.93. The number of carbonyl (C=O) groups excluding carboxylic acids is 2. The van der Waals surface area contributed by atoms with E-state index in [2.05, 4.69) is 11.9 Å². The van der Waals surface area contributed by atoms with Gasteiger partial charge in [0.2, 0.25) is 0 Å². The van der Waals surface area contributed by atoms with Crippen molar-refractivity contribution in [2.75, 3.05) is 16.2 Å². The molecular formula is C24H21ClN2O4S. The van der Waals surface area contributed by atoms with Crippen molar-refractivity contribution >= 4 is 44.7 Å².